The van der Waals surface area contributed by atoms with Crippen LogP contribution >= 0.6 is 12.2 Å². The maximum atomic E-state index is 11.2. The molecule has 0 aliphatic rings. The van der Waals surface area contributed by atoms with E-state index in [4.69, 9.17) is 12.2 Å². The number of hydrogen-bond donors (Lipinski definition) is 1. The van der Waals surface area contributed by atoms with Crippen molar-refractivity contribution in [2.24, 2.45) is 0 Å². The molecule has 1 N–H and O–H groups in total. The van der Waals surface area contributed by atoms with Crippen LogP contribution in [0.15, 0.2) is 0 Å². The summed E-state index contributed by atoms with van der Waals surface area (Å²) >= 11 is 5.17. The third kappa shape index (κ3) is 2.98. The lowest BCUT2D eigenvalue weighted by Crippen LogP contribution is -2.16. The summed E-state index contributed by atoms with van der Waals surface area (Å²) in [6, 6.07) is 0.125. The Balaban J connectivity index is 3.06. The van der Waals surface area contributed by atoms with Gasteiger partial charge in [-0.05, 0) is 19.1 Å². The molecule has 2 atom stereocenters. The van der Waals surface area contributed by atoms with Gasteiger partial charge in [0.15, 0.2) is 4.77 Å². The Morgan fingerprint density at radius 3 is 2.60 bits per heavy atom. The molecule has 0 saturated heterocycles. The van der Waals surface area contributed by atoms with Crippen LogP contribution in [-0.2, 0) is 10.8 Å². The Morgan fingerprint density at radius 1 is 1.53 bits per heavy atom. The van der Waals surface area contributed by atoms with Gasteiger partial charge in [-0.3, -0.25) is 9.31 Å². The molecule has 0 aliphatic carbocycles. The summed E-state index contributed by atoms with van der Waals surface area (Å²) in [6.45, 7) is 6.15. The van der Waals surface area contributed by atoms with E-state index >= 15 is 0 Å². The first kappa shape index (κ1) is 12.6. The lowest BCUT2D eigenvalue weighted by molar-refractivity contribution is 0.545. The third-order valence-corrected chi connectivity index (χ3v) is 3.40. The Bertz CT molecular complexity index is 408. The highest BCUT2D eigenvalue weighted by atomic mass is 32.2. The van der Waals surface area contributed by atoms with Crippen LogP contribution in [-0.4, -0.2) is 31.0 Å². The number of nitrogens with one attached hydrogen (secondary N) is 1. The van der Waals surface area contributed by atoms with Gasteiger partial charge in [-0.25, -0.2) is 0 Å². The lowest BCUT2D eigenvalue weighted by atomic mass is 10.2. The second kappa shape index (κ2) is 5.03. The van der Waals surface area contributed by atoms with E-state index in [-0.39, 0.29) is 6.04 Å². The van der Waals surface area contributed by atoms with Crippen molar-refractivity contribution in [3.05, 3.63) is 10.6 Å². The largest absolute Gasteiger partial charge is 0.300 e. The highest BCUT2D eigenvalue weighted by molar-refractivity contribution is 7.84. The molecular formula is C9H17N3OS2. The van der Waals surface area contributed by atoms with Crippen LogP contribution in [0.2, 0.25) is 0 Å². The normalized spacial score (nSPS) is 15.5. The van der Waals surface area contributed by atoms with Crippen LogP contribution in [0.25, 0.3) is 0 Å². The first-order chi connectivity index (χ1) is 6.93. The molecule has 0 aromatic carbocycles. The van der Waals surface area contributed by atoms with Gasteiger partial charge in [-0.1, -0.05) is 13.8 Å². The van der Waals surface area contributed by atoms with Crippen LogP contribution in [0.3, 0.4) is 0 Å². The molecule has 1 aromatic rings. The smallest absolute Gasteiger partial charge is 0.195 e. The van der Waals surface area contributed by atoms with Gasteiger partial charge in [0.2, 0.25) is 0 Å². The summed E-state index contributed by atoms with van der Waals surface area (Å²) in [5.41, 5.74) is 0. The molecule has 4 nitrogen and oxygen atoms in total. The van der Waals surface area contributed by atoms with Crippen molar-refractivity contribution >= 4 is 23.0 Å². The van der Waals surface area contributed by atoms with Gasteiger partial charge in [0.05, 0.1) is 0 Å². The maximum absolute atomic E-state index is 11.2. The molecule has 0 saturated carbocycles. The summed E-state index contributed by atoms with van der Waals surface area (Å²) in [5, 5.41) is 6.98. The molecule has 0 amide bonds. The second-order valence-electron chi connectivity index (χ2n) is 4.00. The van der Waals surface area contributed by atoms with Crippen molar-refractivity contribution in [1.82, 2.24) is 14.8 Å². The van der Waals surface area contributed by atoms with Gasteiger partial charge in [0.25, 0.3) is 0 Å². The topological polar surface area (TPSA) is 50.7 Å². The number of rotatable bonds is 4. The van der Waals surface area contributed by atoms with Crippen molar-refractivity contribution in [1.29, 1.82) is 0 Å². The van der Waals surface area contributed by atoms with E-state index in [9.17, 15) is 4.21 Å². The van der Waals surface area contributed by atoms with Gasteiger partial charge in [0.1, 0.15) is 5.82 Å². The van der Waals surface area contributed by atoms with Crippen molar-refractivity contribution in [3.8, 4) is 0 Å². The Kier molecular flexibility index (Phi) is 4.21. The molecule has 1 rings (SSSR count). The van der Waals surface area contributed by atoms with E-state index in [1.807, 2.05) is 11.5 Å². The molecule has 86 valence electrons. The highest BCUT2D eigenvalue weighted by Crippen LogP contribution is 2.17. The van der Waals surface area contributed by atoms with Crippen LogP contribution in [0.5, 0.6) is 0 Å². The van der Waals surface area contributed by atoms with Crippen molar-refractivity contribution in [2.45, 2.75) is 32.7 Å². The molecule has 15 heavy (non-hydrogen) atoms. The zero-order valence-electron chi connectivity index (χ0n) is 9.48. The quantitative estimate of drug-likeness (QED) is 0.828. The fourth-order valence-electron chi connectivity index (χ4n) is 1.56. The van der Waals surface area contributed by atoms with E-state index in [0.717, 1.165) is 5.82 Å². The van der Waals surface area contributed by atoms with Gasteiger partial charge < -0.3 is 4.57 Å². The zero-order chi connectivity index (χ0) is 11.6. The molecule has 1 heterocycles. The minimum atomic E-state index is -0.819. The molecule has 0 spiro atoms. The van der Waals surface area contributed by atoms with Crippen LogP contribution in [0.4, 0.5) is 0 Å². The standard InChI is InChI=1S/C9H17N3OS2/c1-6(2)8-10-11-9(14)12(8)7(3)5-15(4)13/h6-7H,5H2,1-4H3,(H,11,14). The molecule has 0 radical (unpaired) electrons. The minimum Gasteiger partial charge on any atom is -0.300 e. The number of H-pyrrole nitrogens is 1. The fraction of sp³-hybridized carbons (Fsp3) is 0.778. The SMILES string of the molecule is CC(C)c1n[nH]c(=S)n1C(C)CS(C)=O. The summed E-state index contributed by atoms with van der Waals surface area (Å²) in [6.07, 6.45) is 1.70. The van der Waals surface area contributed by atoms with Gasteiger partial charge in [0, 0.05) is 34.8 Å². The van der Waals surface area contributed by atoms with Gasteiger partial charge >= 0.3 is 0 Å². The number of hydrogen-bond acceptors (Lipinski definition) is 3. The van der Waals surface area contributed by atoms with E-state index in [0.29, 0.717) is 16.4 Å². The first-order valence-corrected chi connectivity index (χ1v) is 7.03. The van der Waals surface area contributed by atoms with Gasteiger partial charge in [-0.2, -0.15) is 5.10 Å². The van der Waals surface area contributed by atoms with E-state index < -0.39 is 10.8 Å². The highest BCUT2D eigenvalue weighted by Gasteiger charge is 2.16. The van der Waals surface area contributed by atoms with E-state index in [1.54, 1.807) is 6.26 Å². The number of aromatic amines is 1. The Morgan fingerprint density at radius 2 is 2.13 bits per heavy atom. The van der Waals surface area contributed by atoms with E-state index in [2.05, 4.69) is 24.0 Å². The predicted molar refractivity (Wildman–Crippen MR) is 65.1 cm³/mol. The van der Waals surface area contributed by atoms with Crippen LogP contribution in [0.1, 0.15) is 38.6 Å². The summed E-state index contributed by atoms with van der Waals surface area (Å²) < 4.78 is 13.7. The monoisotopic (exact) mass is 247 g/mol. The molecular weight excluding hydrogens is 230 g/mol. The van der Waals surface area contributed by atoms with E-state index in [1.165, 1.54) is 0 Å². The minimum absolute atomic E-state index is 0.125. The fourth-order valence-corrected chi connectivity index (χ4v) is 2.71. The molecule has 2 unspecified atom stereocenters. The van der Waals surface area contributed by atoms with Crippen molar-refractivity contribution in [2.75, 3.05) is 12.0 Å². The summed E-state index contributed by atoms with van der Waals surface area (Å²) in [7, 11) is -0.819. The number of nitrogens with zero attached hydrogens (tertiary/aromatic N) is 2. The molecule has 0 fully saturated rings. The molecule has 0 aliphatic heterocycles. The lowest BCUT2D eigenvalue weighted by Gasteiger charge is -2.15. The summed E-state index contributed by atoms with van der Waals surface area (Å²) in [4.78, 5) is 0. The van der Waals surface area contributed by atoms with Gasteiger partial charge in [-0.15, -0.1) is 0 Å². The average molecular weight is 247 g/mol. The van der Waals surface area contributed by atoms with Crippen LogP contribution < -0.4 is 0 Å². The Hall–Kier alpha value is -0.490. The van der Waals surface area contributed by atoms with Crippen molar-refractivity contribution in [3.63, 3.8) is 0 Å². The maximum Gasteiger partial charge on any atom is 0.195 e. The Labute approximate surface area is 97.5 Å². The average Bonchev–Trinajstić information content (AvgIpc) is 2.45. The predicted octanol–water partition coefficient (Wildman–Crippen LogP) is 2.00. The summed E-state index contributed by atoms with van der Waals surface area (Å²) in [5.74, 6) is 1.84. The number of aromatic nitrogens is 3. The van der Waals surface area contributed by atoms with Crippen molar-refractivity contribution < 1.29 is 4.21 Å². The third-order valence-electron chi connectivity index (χ3n) is 2.16. The molecule has 0 bridgehead atoms. The molecule has 6 heteroatoms. The first-order valence-electron chi connectivity index (χ1n) is 4.90. The molecule has 1 aromatic heterocycles. The zero-order valence-corrected chi connectivity index (χ0v) is 11.1. The second-order valence-corrected chi connectivity index (χ2v) is 5.87. The van der Waals surface area contributed by atoms with Crippen LogP contribution in [0, 0.1) is 4.77 Å².